The highest BCUT2D eigenvalue weighted by Crippen LogP contribution is 2.27. The van der Waals surface area contributed by atoms with Gasteiger partial charge in [0.05, 0.1) is 0 Å². The first-order valence-corrected chi connectivity index (χ1v) is 7.00. The van der Waals surface area contributed by atoms with Gasteiger partial charge in [0, 0.05) is 25.3 Å². The number of anilines is 1. The Kier molecular flexibility index (Phi) is 3.70. The maximum absolute atomic E-state index is 12.9. The monoisotopic (exact) mass is 270 g/mol. The van der Waals surface area contributed by atoms with Crippen molar-refractivity contribution >= 4 is 5.69 Å². The zero-order valence-electron chi connectivity index (χ0n) is 11.7. The van der Waals surface area contributed by atoms with Gasteiger partial charge < -0.3 is 5.32 Å². The molecule has 20 heavy (non-hydrogen) atoms. The minimum atomic E-state index is -0.179. The van der Waals surface area contributed by atoms with Crippen LogP contribution in [0.15, 0.2) is 42.5 Å². The number of fused-ring (bicyclic) bond motifs is 1. The van der Waals surface area contributed by atoms with E-state index in [1.165, 1.54) is 28.9 Å². The number of hydrogen-bond donors (Lipinski definition) is 1. The Morgan fingerprint density at radius 1 is 1.10 bits per heavy atom. The molecule has 0 bridgehead atoms. The summed E-state index contributed by atoms with van der Waals surface area (Å²) in [7, 11) is 2.09. The molecule has 0 aromatic heterocycles. The highest BCUT2D eigenvalue weighted by Gasteiger charge is 2.14. The fraction of sp³-hybridized carbons (Fsp3) is 0.294. The summed E-state index contributed by atoms with van der Waals surface area (Å²) in [5.74, 6) is -0.179. The third kappa shape index (κ3) is 2.83. The predicted molar refractivity (Wildman–Crippen MR) is 80.2 cm³/mol. The van der Waals surface area contributed by atoms with Crippen molar-refractivity contribution in [3.8, 4) is 0 Å². The van der Waals surface area contributed by atoms with Crippen LogP contribution in [0.3, 0.4) is 0 Å². The van der Waals surface area contributed by atoms with E-state index in [2.05, 4.69) is 35.5 Å². The standard InChI is InChI=1S/C17H19FN2/c1-20(11-13-5-7-16(18)8-6-13)12-15-4-2-3-14-9-10-19-17(14)15/h2-8,19H,9-12H2,1H3. The van der Waals surface area contributed by atoms with Crippen LogP contribution in [0.2, 0.25) is 0 Å². The second-order valence-electron chi connectivity index (χ2n) is 5.43. The van der Waals surface area contributed by atoms with E-state index in [0.29, 0.717) is 0 Å². The second-order valence-corrected chi connectivity index (χ2v) is 5.43. The Morgan fingerprint density at radius 2 is 1.90 bits per heavy atom. The quantitative estimate of drug-likeness (QED) is 0.915. The lowest BCUT2D eigenvalue weighted by molar-refractivity contribution is 0.319. The molecule has 0 saturated carbocycles. The number of hydrogen-bond acceptors (Lipinski definition) is 2. The van der Waals surface area contributed by atoms with Crippen LogP contribution in [0.5, 0.6) is 0 Å². The van der Waals surface area contributed by atoms with Crippen molar-refractivity contribution in [2.45, 2.75) is 19.5 Å². The molecule has 0 spiro atoms. The summed E-state index contributed by atoms with van der Waals surface area (Å²) in [6.45, 7) is 2.76. The molecular formula is C17H19FN2. The zero-order chi connectivity index (χ0) is 13.9. The minimum Gasteiger partial charge on any atom is -0.384 e. The van der Waals surface area contributed by atoms with Gasteiger partial charge in [-0.15, -0.1) is 0 Å². The fourth-order valence-corrected chi connectivity index (χ4v) is 2.79. The molecule has 104 valence electrons. The van der Waals surface area contributed by atoms with Crippen molar-refractivity contribution in [2.24, 2.45) is 0 Å². The lowest BCUT2D eigenvalue weighted by atomic mass is 10.1. The number of rotatable bonds is 4. The van der Waals surface area contributed by atoms with Crippen molar-refractivity contribution in [1.29, 1.82) is 0 Å². The summed E-state index contributed by atoms with van der Waals surface area (Å²) in [5.41, 5.74) is 5.19. The lowest BCUT2D eigenvalue weighted by Gasteiger charge is -2.19. The van der Waals surface area contributed by atoms with Gasteiger partial charge in [-0.1, -0.05) is 30.3 Å². The maximum atomic E-state index is 12.9. The summed E-state index contributed by atoms with van der Waals surface area (Å²) in [5, 5.41) is 3.47. The molecule has 3 heteroatoms. The van der Waals surface area contributed by atoms with E-state index in [4.69, 9.17) is 0 Å². The van der Waals surface area contributed by atoms with Gasteiger partial charge >= 0.3 is 0 Å². The van der Waals surface area contributed by atoms with Gasteiger partial charge in [0.2, 0.25) is 0 Å². The molecule has 0 aliphatic carbocycles. The van der Waals surface area contributed by atoms with Crippen LogP contribution < -0.4 is 5.32 Å². The first-order chi connectivity index (χ1) is 9.72. The summed E-state index contributed by atoms with van der Waals surface area (Å²) in [4.78, 5) is 2.25. The van der Waals surface area contributed by atoms with Crippen molar-refractivity contribution in [1.82, 2.24) is 4.90 Å². The molecular weight excluding hydrogens is 251 g/mol. The van der Waals surface area contributed by atoms with Crippen molar-refractivity contribution in [2.75, 3.05) is 18.9 Å². The number of nitrogens with one attached hydrogen (secondary N) is 1. The Morgan fingerprint density at radius 3 is 2.70 bits per heavy atom. The lowest BCUT2D eigenvalue weighted by Crippen LogP contribution is -2.18. The van der Waals surface area contributed by atoms with E-state index >= 15 is 0 Å². The highest BCUT2D eigenvalue weighted by molar-refractivity contribution is 5.61. The summed E-state index contributed by atoms with van der Waals surface area (Å²) < 4.78 is 12.9. The molecule has 0 radical (unpaired) electrons. The molecule has 0 amide bonds. The Labute approximate surface area is 119 Å². The highest BCUT2D eigenvalue weighted by atomic mass is 19.1. The van der Waals surface area contributed by atoms with Gasteiger partial charge in [0.25, 0.3) is 0 Å². The molecule has 2 nitrogen and oxygen atoms in total. The first-order valence-electron chi connectivity index (χ1n) is 7.00. The second kappa shape index (κ2) is 5.63. The van der Waals surface area contributed by atoms with E-state index in [-0.39, 0.29) is 5.82 Å². The van der Waals surface area contributed by atoms with Crippen molar-refractivity contribution in [3.63, 3.8) is 0 Å². The molecule has 0 atom stereocenters. The molecule has 1 aliphatic rings. The van der Waals surface area contributed by atoms with Gasteiger partial charge in [-0.3, -0.25) is 4.90 Å². The average molecular weight is 270 g/mol. The van der Waals surface area contributed by atoms with E-state index in [0.717, 1.165) is 31.6 Å². The third-order valence-corrected chi connectivity index (χ3v) is 3.74. The van der Waals surface area contributed by atoms with E-state index in [1.807, 2.05) is 12.1 Å². The normalized spacial score (nSPS) is 13.3. The minimum absolute atomic E-state index is 0.179. The van der Waals surface area contributed by atoms with E-state index in [9.17, 15) is 4.39 Å². The number of benzene rings is 2. The number of nitrogens with zero attached hydrogens (tertiary/aromatic N) is 1. The number of para-hydroxylation sites is 1. The van der Waals surface area contributed by atoms with Crippen LogP contribution in [-0.2, 0) is 19.5 Å². The summed E-state index contributed by atoms with van der Waals surface area (Å²) in [6.07, 6.45) is 1.12. The summed E-state index contributed by atoms with van der Waals surface area (Å²) >= 11 is 0. The maximum Gasteiger partial charge on any atom is 0.123 e. The van der Waals surface area contributed by atoms with Gasteiger partial charge in [-0.25, -0.2) is 4.39 Å². The number of halogens is 1. The average Bonchev–Trinajstić information content (AvgIpc) is 2.91. The molecule has 0 saturated heterocycles. The topological polar surface area (TPSA) is 15.3 Å². The van der Waals surface area contributed by atoms with Crippen molar-refractivity contribution < 1.29 is 4.39 Å². The van der Waals surface area contributed by atoms with E-state index in [1.54, 1.807) is 0 Å². The fourth-order valence-electron chi connectivity index (χ4n) is 2.79. The Bertz CT molecular complexity index is 592. The zero-order valence-corrected chi connectivity index (χ0v) is 11.7. The van der Waals surface area contributed by atoms with Gasteiger partial charge in [-0.05, 0) is 42.3 Å². The SMILES string of the molecule is CN(Cc1ccc(F)cc1)Cc1cccc2c1NCC2. The third-order valence-electron chi connectivity index (χ3n) is 3.74. The molecule has 2 aromatic carbocycles. The van der Waals surface area contributed by atoms with Crippen LogP contribution in [0.4, 0.5) is 10.1 Å². The molecule has 1 heterocycles. The molecule has 0 fully saturated rings. The molecule has 1 N–H and O–H groups in total. The van der Waals surface area contributed by atoms with Crippen LogP contribution in [0, 0.1) is 5.82 Å². The molecule has 1 aliphatic heterocycles. The molecule has 0 unspecified atom stereocenters. The van der Waals surface area contributed by atoms with Crippen molar-refractivity contribution in [3.05, 3.63) is 65.0 Å². The van der Waals surface area contributed by atoms with Gasteiger partial charge in [0.15, 0.2) is 0 Å². The van der Waals surface area contributed by atoms with Crippen LogP contribution in [0.1, 0.15) is 16.7 Å². The van der Waals surface area contributed by atoms with E-state index < -0.39 is 0 Å². The summed E-state index contributed by atoms with van der Waals surface area (Å²) in [6, 6.07) is 13.2. The van der Waals surface area contributed by atoms with Gasteiger partial charge in [-0.2, -0.15) is 0 Å². The van der Waals surface area contributed by atoms with Crippen LogP contribution in [0.25, 0.3) is 0 Å². The Hall–Kier alpha value is -1.87. The molecule has 2 aromatic rings. The molecule has 3 rings (SSSR count). The largest absolute Gasteiger partial charge is 0.384 e. The predicted octanol–water partition coefficient (Wildman–Crippen LogP) is 3.43. The smallest absolute Gasteiger partial charge is 0.123 e. The van der Waals surface area contributed by atoms with Crippen LogP contribution >= 0.6 is 0 Å². The first kappa shape index (κ1) is 13.1. The van der Waals surface area contributed by atoms with Gasteiger partial charge in [0.1, 0.15) is 5.82 Å². The van der Waals surface area contributed by atoms with Crippen LogP contribution in [-0.4, -0.2) is 18.5 Å². The Balaban J connectivity index is 1.69.